The Morgan fingerprint density at radius 3 is 1.44 bits per heavy atom. The van der Waals surface area contributed by atoms with Crippen molar-refractivity contribution < 1.29 is 10.2 Å². The van der Waals surface area contributed by atoms with Gasteiger partial charge in [-0.3, -0.25) is 0 Å². The van der Waals surface area contributed by atoms with Gasteiger partial charge in [0.1, 0.15) is 0 Å². The summed E-state index contributed by atoms with van der Waals surface area (Å²) in [5, 5.41) is 17.2. The van der Waals surface area contributed by atoms with E-state index in [4.69, 9.17) is 10.2 Å². The summed E-state index contributed by atoms with van der Waals surface area (Å²) in [5.74, 6) is 0. The molecular weight excluding hydrogens is 247 g/mol. The first kappa shape index (κ1) is 21.8. The predicted octanol–water partition coefficient (Wildman–Crippen LogP) is 4.06. The van der Waals surface area contributed by atoms with Crippen LogP contribution in [0.5, 0.6) is 0 Å². The lowest BCUT2D eigenvalue weighted by molar-refractivity contribution is -0.0466. The minimum Gasteiger partial charge on any atom is -0.368 e. The van der Waals surface area contributed by atoms with Crippen molar-refractivity contribution in [2.45, 2.75) is 77.4 Å². The van der Waals surface area contributed by atoms with Crippen molar-refractivity contribution in [3.05, 3.63) is 0 Å². The van der Waals surface area contributed by atoms with Gasteiger partial charge in [-0.05, 0) is 12.8 Å². The van der Waals surface area contributed by atoms with Gasteiger partial charge in [0.25, 0.3) is 0 Å². The zero-order valence-electron chi connectivity index (χ0n) is 10.4. The Labute approximate surface area is 113 Å². The first-order valence-electron chi connectivity index (χ1n) is 6.13. The molecule has 2 N–H and O–H groups in total. The van der Waals surface area contributed by atoms with Crippen molar-refractivity contribution in [1.29, 1.82) is 0 Å². The topological polar surface area (TPSA) is 40.5 Å². The molecule has 0 rings (SSSR count). The molecule has 0 aliphatic rings. The van der Waals surface area contributed by atoms with E-state index in [9.17, 15) is 0 Å². The zero-order valence-corrected chi connectivity index (χ0v) is 12.0. The Bertz CT molecular complexity index is 111. The molecule has 0 radical (unpaired) electrons. The fraction of sp³-hybridized carbons (Fsp3) is 1.00. The van der Waals surface area contributed by atoms with Crippen LogP contribution in [0.1, 0.15) is 71.1 Å². The summed E-state index contributed by atoms with van der Waals surface area (Å²) in [6.07, 6.45) is 10.9. The highest BCUT2D eigenvalue weighted by molar-refractivity contribution is 5.85. The van der Waals surface area contributed by atoms with Crippen LogP contribution in [0.25, 0.3) is 0 Å². The van der Waals surface area contributed by atoms with Gasteiger partial charge in [0.2, 0.25) is 0 Å². The van der Waals surface area contributed by atoms with E-state index in [0.717, 1.165) is 12.8 Å². The fourth-order valence-corrected chi connectivity index (χ4v) is 1.64. The van der Waals surface area contributed by atoms with E-state index in [1.807, 2.05) is 0 Å². The number of rotatable bonds is 10. The van der Waals surface area contributed by atoms with Crippen LogP contribution < -0.4 is 0 Å². The van der Waals surface area contributed by atoms with Gasteiger partial charge < -0.3 is 10.2 Å². The molecule has 0 saturated heterocycles. The van der Waals surface area contributed by atoms with Gasteiger partial charge in [-0.1, -0.05) is 58.3 Å². The quantitative estimate of drug-likeness (QED) is 0.466. The van der Waals surface area contributed by atoms with Gasteiger partial charge in [0, 0.05) is 0 Å². The number of hydrogen-bond donors (Lipinski definition) is 2. The number of aliphatic hydroxyl groups excluding tert-OH is 1. The lowest BCUT2D eigenvalue weighted by atomic mass is 10.1. The maximum Gasteiger partial charge on any atom is 0.151 e. The first-order valence-corrected chi connectivity index (χ1v) is 6.13. The van der Waals surface area contributed by atoms with Gasteiger partial charge in [0.05, 0.1) is 0 Å². The van der Waals surface area contributed by atoms with Crippen LogP contribution in [-0.4, -0.2) is 16.5 Å². The van der Waals surface area contributed by atoms with Gasteiger partial charge >= 0.3 is 0 Å². The molecule has 0 spiro atoms. The van der Waals surface area contributed by atoms with E-state index >= 15 is 0 Å². The third-order valence-electron chi connectivity index (χ3n) is 2.57. The third-order valence-corrected chi connectivity index (χ3v) is 2.57. The van der Waals surface area contributed by atoms with Crippen molar-refractivity contribution in [3.63, 3.8) is 0 Å². The largest absolute Gasteiger partial charge is 0.368 e. The van der Waals surface area contributed by atoms with E-state index in [2.05, 4.69) is 6.92 Å². The summed E-state index contributed by atoms with van der Waals surface area (Å²) in [5.41, 5.74) is 0. The minimum atomic E-state index is -1.10. The summed E-state index contributed by atoms with van der Waals surface area (Å²) >= 11 is 0. The summed E-state index contributed by atoms with van der Waals surface area (Å²) in [6.45, 7) is 2.24. The Balaban J connectivity index is -0.000000845. The van der Waals surface area contributed by atoms with Crippen molar-refractivity contribution >= 4 is 24.8 Å². The maximum absolute atomic E-state index is 8.61. The minimum absolute atomic E-state index is 0. The molecule has 0 atom stereocenters. The molecule has 0 aromatic carbocycles. The van der Waals surface area contributed by atoms with Crippen molar-refractivity contribution in [2.24, 2.45) is 0 Å². The van der Waals surface area contributed by atoms with Crippen LogP contribution in [0, 0.1) is 0 Å². The molecular formula is C12H28Cl2O2. The number of unbranched alkanes of at least 4 members (excludes halogenated alkanes) is 8. The predicted molar refractivity (Wildman–Crippen MR) is 74.6 cm³/mol. The molecule has 0 amide bonds. The smallest absolute Gasteiger partial charge is 0.151 e. The van der Waals surface area contributed by atoms with Gasteiger partial charge in [0.15, 0.2) is 6.29 Å². The Hall–Kier alpha value is 0.500. The van der Waals surface area contributed by atoms with E-state index in [1.54, 1.807) is 0 Å². The highest BCUT2D eigenvalue weighted by atomic mass is 35.5. The lowest BCUT2D eigenvalue weighted by Gasteiger charge is -2.03. The second kappa shape index (κ2) is 17.9. The van der Waals surface area contributed by atoms with E-state index < -0.39 is 6.29 Å². The Morgan fingerprint density at radius 2 is 1.06 bits per heavy atom. The second-order valence-electron chi connectivity index (χ2n) is 4.10. The van der Waals surface area contributed by atoms with E-state index in [1.165, 1.54) is 44.9 Å². The summed E-state index contributed by atoms with van der Waals surface area (Å²) in [6, 6.07) is 0. The standard InChI is InChI=1S/C12H26O2.2ClH/c1-2-3-4-5-6-7-8-9-10-11-12(13)14;;/h12-14H,2-11H2,1H3;2*1H. The second-order valence-corrected chi connectivity index (χ2v) is 4.10. The normalized spacial score (nSPS) is 9.75. The van der Waals surface area contributed by atoms with E-state index in [-0.39, 0.29) is 24.8 Å². The fourth-order valence-electron chi connectivity index (χ4n) is 1.64. The van der Waals surface area contributed by atoms with Crippen molar-refractivity contribution in [1.82, 2.24) is 0 Å². The molecule has 0 aromatic heterocycles. The Morgan fingerprint density at radius 1 is 0.688 bits per heavy atom. The molecule has 0 unspecified atom stereocenters. The van der Waals surface area contributed by atoms with Crippen LogP contribution in [0.3, 0.4) is 0 Å². The monoisotopic (exact) mass is 274 g/mol. The van der Waals surface area contributed by atoms with Crippen LogP contribution in [0.15, 0.2) is 0 Å². The molecule has 4 heteroatoms. The molecule has 0 fully saturated rings. The lowest BCUT2D eigenvalue weighted by Crippen LogP contribution is -2.02. The van der Waals surface area contributed by atoms with Gasteiger partial charge in [-0.15, -0.1) is 24.8 Å². The molecule has 0 bridgehead atoms. The average Bonchev–Trinajstić information content (AvgIpc) is 2.15. The van der Waals surface area contributed by atoms with Gasteiger partial charge in [-0.25, -0.2) is 0 Å². The molecule has 0 heterocycles. The SMILES string of the molecule is CCCCCCCCCCCC(O)O.Cl.Cl. The molecule has 102 valence electrons. The molecule has 16 heavy (non-hydrogen) atoms. The number of hydrogen-bond acceptors (Lipinski definition) is 2. The van der Waals surface area contributed by atoms with Crippen LogP contribution in [0.4, 0.5) is 0 Å². The summed E-state index contributed by atoms with van der Waals surface area (Å²) in [4.78, 5) is 0. The summed E-state index contributed by atoms with van der Waals surface area (Å²) in [7, 11) is 0. The summed E-state index contributed by atoms with van der Waals surface area (Å²) < 4.78 is 0. The van der Waals surface area contributed by atoms with Crippen molar-refractivity contribution in [3.8, 4) is 0 Å². The molecule has 0 aliphatic carbocycles. The average molecular weight is 275 g/mol. The van der Waals surface area contributed by atoms with E-state index in [0.29, 0.717) is 6.42 Å². The van der Waals surface area contributed by atoms with Crippen LogP contribution in [0.2, 0.25) is 0 Å². The van der Waals surface area contributed by atoms with Gasteiger partial charge in [-0.2, -0.15) is 0 Å². The number of aliphatic hydroxyl groups is 2. The molecule has 0 aromatic rings. The highest BCUT2D eigenvalue weighted by Crippen LogP contribution is 2.10. The first-order chi connectivity index (χ1) is 6.77. The van der Waals surface area contributed by atoms with Crippen molar-refractivity contribution in [2.75, 3.05) is 0 Å². The zero-order chi connectivity index (χ0) is 10.6. The molecule has 0 saturated carbocycles. The van der Waals surface area contributed by atoms with Crippen LogP contribution in [-0.2, 0) is 0 Å². The molecule has 0 aliphatic heterocycles. The molecule has 2 nitrogen and oxygen atoms in total. The highest BCUT2D eigenvalue weighted by Gasteiger charge is 1.96. The maximum atomic E-state index is 8.61. The van der Waals surface area contributed by atoms with Crippen LogP contribution >= 0.6 is 24.8 Å². The Kier molecular flexibility index (Phi) is 24.3. The number of halogens is 2. The third kappa shape index (κ3) is 20.0.